The van der Waals surface area contributed by atoms with Crippen molar-refractivity contribution in [2.45, 2.75) is 57.8 Å². The summed E-state index contributed by atoms with van der Waals surface area (Å²) in [6.07, 6.45) is 2.74. The minimum absolute atomic E-state index is 0.257. The molecule has 1 aliphatic heterocycles. The second kappa shape index (κ2) is 8.03. The van der Waals surface area contributed by atoms with Crippen LogP contribution in [0.4, 0.5) is 0 Å². The number of rotatable bonds is 7. The van der Waals surface area contributed by atoms with Crippen LogP contribution in [0.3, 0.4) is 0 Å². The van der Waals surface area contributed by atoms with Crippen LogP contribution in [0.5, 0.6) is 0 Å². The summed E-state index contributed by atoms with van der Waals surface area (Å²) in [6.45, 7) is 5.47. The van der Waals surface area contributed by atoms with Gasteiger partial charge in [0.25, 0.3) is 0 Å². The van der Waals surface area contributed by atoms with Crippen LogP contribution in [-0.2, 0) is 9.47 Å². The average Bonchev–Trinajstić information content (AvgIpc) is 2.32. The third-order valence-electron chi connectivity index (χ3n) is 3.40. The Kier molecular flexibility index (Phi) is 7.04. The van der Waals surface area contributed by atoms with Crippen molar-refractivity contribution >= 4 is 0 Å². The molecule has 0 bridgehead atoms. The summed E-state index contributed by atoms with van der Waals surface area (Å²) >= 11 is 0. The summed E-state index contributed by atoms with van der Waals surface area (Å²) in [5, 5.41) is 19.4. The van der Waals surface area contributed by atoms with Crippen LogP contribution in [0, 0.1) is 5.92 Å². The van der Waals surface area contributed by atoms with Crippen molar-refractivity contribution in [3.05, 3.63) is 0 Å². The molecule has 17 heavy (non-hydrogen) atoms. The zero-order valence-electron chi connectivity index (χ0n) is 11.0. The van der Waals surface area contributed by atoms with Crippen molar-refractivity contribution in [1.82, 2.24) is 0 Å². The van der Waals surface area contributed by atoms with Crippen molar-refractivity contribution in [2.75, 3.05) is 19.8 Å². The Morgan fingerprint density at radius 2 is 1.88 bits per heavy atom. The van der Waals surface area contributed by atoms with Gasteiger partial charge in [0.15, 0.2) is 0 Å². The van der Waals surface area contributed by atoms with Gasteiger partial charge in [-0.05, 0) is 12.3 Å². The van der Waals surface area contributed by atoms with Crippen LogP contribution in [0.25, 0.3) is 0 Å². The van der Waals surface area contributed by atoms with Crippen LogP contribution in [0.1, 0.15) is 39.5 Å². The van der Waals surface area contributed by atoms with E-state index in [1.165, 1.54) is 12.8 Å². The molecule has 1 saturated heterocycles. The fourth-order valence-electron chi connectivity index (χ4n) is 2.12. The Labute approximate surface area is 104 Å². The number of hydrogen-bond acceptors (Lipinski definition) is 4. The first-order valence-electron chi connectivity index (χ1n) is 6.74. The van der Waals surface area contributed by atoms with Crippen molar-refractivity contribution < 1.29 is 19.7 Å². The van der Waals surface area contributed by atoms with E-state index in [-0.39, 0.29) is 13.2 Å². The lowest BCUT2D eigenvalue weighted by Gasteiger charge is -2.33. The fraction of sp³-hybridized carbons (Fsp3) is 1.00. The lowest BCUT2D eigenvalue weighted by Crippen LogP contribution is -2.49. The molecule has 0 aliphatic carbocycles. The molecule has 0 amide bonds. The second-order valence-corrected chi connectivity index (χ2v) is 4.89. The maximum atomic E-state index is 9.69. The first kappa shape index (κ1) is 14.9. The van der Waals surface area contributed by atoms with Gasteiger partial charge in [-0.25, -0.2) is 0 Å². The van der Waals surface area contributed by atoms with Gasteiger partial charge in [-0.1, -0.05) is 33.1 Å². The normalized spacial score (nSPS) is 28.2. The van der Waals surface area contributed by atoms with Gasteiger partial charge in [0.1, 0.15) is 18.3 Å². The number of aliphatic hydroxyl groups excluding tert-OH is 2. The zero-order chi connectivity index (χ0) is 12.7. The molecule has 1 heterocycles. The average molecular weight is 246 g/mol. The van der Waals surface area contributed by atoms with E-state index < -0.39 is 18.3 Å². The highest BCUT2D eigenvalue weighted by Crippen LogP contribution is 2.18. The van der Waals surface area contributed by atoms with E-state index in [1.807, 2.05) is 0 Å². The molecular weight excluding hydrogens is 220 g/mol. The molecule has 0 radical (unpaired) electrons. The minimum atomic E-state index is -0.706. The summed E-state index contributed by atoms with van der Waals surface area (Å²) in [5.41, 5.74) is 0. The van der Waals surface area contributed by atoms with Gasteiger partial charge in [-0.15, -0.1) is 0 Å². The van der Waals surface area contributed by atoms with Crippen molar-refractivity contribution in [3.8, 4) is 0 Å². The highest BCUT2D eigenvalue weighted by Gasteiger charge is 2.32. The topological polar surface area (TPSA) is 58.9 Å². The van der Waals surface area contributed by atoms with Crippen LogP contribution >= 0.6 is 0 Å². The van der Waals surface area contributed by atoms with Crippen LogP contribution < -0.4 is 0 Å². The van der Waals surface area contributed by atoms with Crippen LogP contribution in [0.15, 0.2) is 0 Å². The van der Waals surface area contributed by atoms with E-state index in [2.05, 4.69) is 13.8 Å². The fourth-order valence-corrected chi connectivity index (χ4v) is 2.12. The predicted molar refractivity (Wildman–Crippen MR) is 65.9 cm³/mol. The van der Waals surface area contributed by atoms with E-state index in [9.17, 15) is 10.2 Å². The van der Waals surface area contributed by atoms with Crippen molar-refractivity contribution in [2.24, 2.45) is 5.92 Å². The molecule has 0 aromatic heterocycles. The molecule has 2 N–H and O–H groups in total. The molecule has 0 spiro atoms. The van der Waals surface area contributed by atoms with Gasteiger partial charge < -0.3 is 19.7 Å². The molecule has 0 aromatic carbocycles. The summed E-state index contributed by atoms with van der Waals surface area (Å²) in [6, 6.07) is 0. The molecule has 1 rings (SSSR count). The monoisotopic (exact) mass is 246 g/mol. The molecular formula is C13H26O4. The van der Waals surface area contributed by atoms with Gasteiger partial charge in [0.2, 0.25) is 0 Å². The summed E-state index contributed by atoms with van der Waals surface area (Å²) in [5.74, 6) is 0.525. The lowest BCUT2D eigenvalue weighted by atomic mass is 10.00. The SMILES string of the molecule is CCCCC(CC)COC1[C@H](O)COC[C@H]1O. The first-order valence-corrected chi connectivity index (χ1v) is 6.74. The van der Waals surface area contributed by atoms with Gasteiger partial charge in [0.05, 0.1) is 19.8 Å². The Balaban J connectivity index is 2.31. The number of ether oxygens (including phenoxy) is 2. The maximum Gasteiger partial charge on any atom is 0.114 e. The van der Waals surface area contributed by atoms with Gasteiger partial charge in [0, 0.05) is 0 Å². The quantitative estimate of drug-likeness (QED) is 0.711. The largest absolute Gasteiger partial charge is 0.388 e. The third-order valence-corrected chi connectivity index (χ3v) is 3.40. The molecule has 1 unspecified atom stereocenters. The summed E-state index contributed by atoms with van der Waals surface area (Å²) in [7, 11) is 0. The molecule has 4 heteroatoms. The lowest BCUT2D eigenvalue weighted by molar-refractivity contribution is -0.176. The van der Waals surface area contributed by atoms with E-state index in [0.29, 0.717) is 12.5 Å². The first-order chi connectivity index (χ1) is 8.19. The minimum Gasteiger partial charge on any atom is -0.388 e. The van der Waals surface area contributed by atoms with E-state index >= 15 is 0 Å². The Hall–Kier alpha value is -0.160. The maximum absolute atomic E-state index is 9.69. The number of unbranched alkanes of at least 4 members (excludes halogenated alkanes) is 1. The summed E-state index contributed by atoms with van der Waals surface area (Å²) < 4.78 is 10.7. The van der Waals surface area contributed by atoms with Gasteiger partial charge >= 0.3 is 0 Å². The number of hydrogen-bond donors (Lipinski definition) is 2. The van der Waals surface area contributed by atoms with Gasteiger partial charge in [-0.2, -0.15) is 0 Å². The molecule has 102 valence electrons. The Morgan fingerprint density at radius 3 is 2.41 bits per heavy atom. The molecule has 0 aromatic rings. The highest BCUT2D eigenvalue weighted by atomic mass is 16.5. The van der Waals surface area contributed by atoms with Crippen molar-refractivity contribution in [3.63, 3.8) is 0 Å². The Morgan fingerprint density at radius 1 is 1.24 bits per heavy atom. The van der Waals surface area contributed by atoms with Crippen LogP contribution in [0.2, 0.25) is 0 Å². The molecule has 0 saturated carbocycles. The summed E-state index contributed by atoms with van der Waals surface area (Å²) in [4.78, 5) is 0. The smallest absolute Gasteiger partial charge is 0.114 e. The number of aliphatic hydroxyl groups is 2. The molecule has 1 aliphatic rings. The zero-order valence-corrected chi connectivity index (χ0v) is 11.0. The molecule has 3 atom stereocenters. The van der Waals surface area contributed by atoms with E-state index in [1.54, 1.807) is 0 Å². The van der Waals surface area contributed by atoms with Crippen LogP contribution in [-0.4, -0.2) is 48.3 Å². The van der Waals surface area contributed by atoms with E-state index in [4.69, 9.17) is 9.47 Å². The van der Waals surface area contributed by atoms with Crippen molar-refractivity contribution in [1.29, 1.82) is 0 Å². The second-order valence-electron chi connectivity index (χ2n) is 4.89. The van der Waals surface area contributed by atoms with E-state index in [0.717, 1.165) is 12.8 Å². The third kappa shape index (κ3) is 4.92. The standard InChI is InChI=1S/C13H26O4/c1-3-5-6-10(4-2)7-17-13-11(14)8-16-9-12(13)15/h10-15H,3-9H2,1-2H3/t10?,11-,12-/m1/s1. The highest BCUT2D eigenvalue weighted by molar-refractivity contribution is 4.81. The Bertz CT molecular complexity index is 188. The predicted octanol–water partition coefficient (Wildman–Crippen LogP) is 1.34. The van der Waals surface area contributed by atoms with Gasteiger partial charge in [-0.3, -0.25) is 0 Å². The molecule has 4 nitrogen and oxygen atoms in total. The molecule has 1 fully saturated rings.